The van der Waals surface area contributed by atoms with Crippen molar-refractivity contribution in [1.29, 1.82) is 0 Å². The third-order valence-electron chi connectivity index (χ3n) is 4.43. The van der Waals surface area contributed by atoms with Crippen LogP contribution in [-0.4, -0.2) is 52.1 Å². The van der Waals surface area contributed by atoms with Gasteiger partial charge >= 0.3 is 6.03 Å². The van der Waals surface area contributed by atoms with Crippen LogP contribution in [0, 0.1) is 0 Å². The van der Waals surface area contributed by atoms with E-state index in [1.165, 1.54) is 0 Å². The minimum atomic E-state index is -0.929. The topological polar surface area (TPSA) is 98.7 Å². The van der Waals surface area contributed by atoms with Crippen LogP contribution in [0.4, 0.5) is 4.79 Å². The summed E-state index contributed by atoms with van der Waals surface area (Å²) in [6, 6.07) is -0.826. The minimum Gasteiger partial charge on any atom is -0.391 e. The molecule has 0 bridgehead atoms. The molecule has 1 heterocycles. The Hall–Kier alpha value is -1.63. The van der Waals surface area contributed by atoms with E-state index < -0.39 is 23.6 Å². The minimum absolute atomic E-state index is 0.287. The van der Waals surface area contributed by atoms with Crippen LogP contribution in [0.2, 0.25) is 0 Å². The van der Waals surface area contributed by atoms with E-state index in [2.05, 4.69) is 10.6 Å². The van der Waals surface area contributed by atoms with Gasteiger partial charge in [0.2, 0.25) is 5.91 Å². The maximum absolute atomic E-state index is 12.2. The molecule has 1 unspecified atom stereocenters. The smallest absolute Gasteiger partial charge is 0.325 e. The number of nitrogens with one attached hydrogen (secondary N) is 2. The maximum atomic E-state index is 12.2. The lowest BCUT2D eigenvalue weighted by atomic mass is 9.92. The van der Waals surface area contributed by atoms with Gasteiger partial charge in [0.1, 0.15) is 12.1 Å². The van der Waals surface area contributed by atoms with Gasteiger partial charge in [-0.25, -0.2) is 4.79 Å². The molecule has 2 rings (SSSR count). The largest absolute Gasteiger partial charge is 0.391 e. The van der Waals surface area contributed by atoms with Crippen LogP contribution in [0.25, 0.3) is 0 Å². The molecule has 0 aromatic heterocycles. The summed E-state index contributed by atoms with van der Waals surface area (Å²) in [6.07, 6.45) is 3.22. The second-order valence-corrected chi connectivity index (χ2v) is 6.03. The molecule has 7 nitrogen and oxygen atoms in total. The third-order valence-corrected chi connectivity index (χ3v) is 4.43. The molecular weight excluding hydrogens is 274 g/mol. The fourth-order valence-electron chi connectivity index (χ4n) is 2.81. The lowest BCUT2D eigenvalue weighted by molar-refractivity contribution is -0.135. The van der Waals surface area contributed by atoms with Crippen molar-refractivity contribution in [3.8, 4) is 0 Å². The van der Waals surface area contributed by atoms with Crippen molar-refractivity contribution in [1.82, 2.24) is 15.5 Å². The van der Waals surface area contributed by atoms with E-state index in [-0.39, 0.29) is 18.5 Å². The monoisotopic (exact) mass is 297 g/mol. The molecule has 21 heavy (non-hydrogen) atoms. The van der Waals surface area contributed by atoms with Gasteiger partial charge in [0.25, 0.3) is 5.91 Å². The van der Waals surface area contributed by atoms with Crippen molar-refractivity contribution in [2.75, 3.05) is 6.54 Å². The number of aliphatic hydroxyl groups is 1. The van der Waals surface area contributed by atoms with Gasteiger partial charge in [-0.15, -0.1) is 0 Å². The Kier molecular flexibility index (Phi) is 4.51. The Labute approximate surface area is 124 Å². The number of carbonyl (C=O) groups excluding carboxylic acids is 3. The number of hydrogen-bond acceptors (Lipinski definition) is 4. The Morgan fingerprint density at radius 3 is 2.67 bits per heavy atom. The first kappa shape index (κ1) is 15.8. The van der Waals surface area contributed by atoms with Gasteiger partial charge in [-0.3, -0.25) is 14.5 Å². The Bertz CT molecular complexity index is 454. The molecule has 118 valence electrons. The van der Waals surface area contributed by atoms with Gasteiger partial charge in [-0.05, 0) is 26.2 Å². The molecule has 4 amide bonds. The third kappa shape index (κ3) is 3.18. The average Bonchev–Trinajstić information content (AvgIpc) is 2.66. The molecule has 1 aliphatic carbocycles. The molecule has 0 aromatic rings. The second kappa shape index (κ2) is 6.01. The molecule has 7 heteroatoms. The summed E-state index contributed by atoms with van der Waals surface area (Å²) in [5, 5.41) is 15.2. The van der Waals surface area contributed by atoms with E-state index in [9.17, 15) is 19.5 Å². The van der Waals surface area contributed by atoms with E-state index in [0.717, 1.165) is 24.2 Å². The van der Waals surface area contributed by atoms with Gasteiger partial charge < -0.3 is 15.7 Å². The SMILES string of the molecule is CCC1(C)NC(=O)N(CC(=O)N[C@H]2CCCC[C@@H]2O)C1=O. The molecule has 1 aliphatic heterocycles. The molecule has 0 radical (unpaired) electrons. The van der Waals surface area contributed by atoms with Gasteiger partial charge in [-0.2, -0.15) is 0 Å². The first-order chi connectivity index (χ1) is 9.87. The molecular formula is C14H23N3O4. The summed E-state index contributed by atoms with van der Waals surface area (Å²) in [7, 11) is 0. The quantitative estimate of drug-likeness (QED) is 0.642. The van der Waals surface area contributed by atoms with Crippen molar-refractivity contribution in [2.45, 2.75) is 63.6 Å². The highest BCUT2D eigenvalue weighted by Gasteiger charge is 2.47. The predicted molar refractivity (Wildman–Crippen MR) is 75.3 cm³/mol. The number of urea groups is 1. The fraction of sp³-hybridized carbons (Fsp3) is 0.786. The van der Waals surface area contributed by atoms with Crippen molar-refractivity contribution in [2.24, 2.45) is 0 Å². The fourth-order valence-corrected chi connectivity index (χ4v) is 2.81. The number of carbonyl (C=O) groups is 3. The normalized spacial score (nSPS) is 33.0. The van der Waals surface area contributed by atoms with Gasteiger partial charge in [0.15, 0.2) is 0 Å². The van der Waals surface area contributed by atoms with Crippen LogP contribution < -0.4 is 10.6 Å². The van der Waals surface area contributed by atoms with Crippen LogP contribution in [0.1, 0.15) is 46.0 Å². The summed E-state index contributed by atoms with van der Waals surface area (Å²) < 4.78 is 0. The summed E-state index contributed by atoms with van der Waals surface area (Å²) in [4.78, 5) is 36.9. The number of hydrogen-bond donors (Lipinski definition) is 3. The number of imide groups is 1. The van der Waals surface area contributed by atoms with Crippen LogP contribution in [0.5, 0.6) is 0 Å². The van der Waals surface area contributed by atoms with Crippen LogP contribution >= 0.6 is 0 Å². The van der Waals surface area contributed by atoms with E-state index >= 15 is 0 Å². The van der Waals surface area contributed by atoms with Gasteiger partial charge in [-0.1, -0.05) is 19.8 Å². The highest BCUT2D eigenvalue weighted by Crippen LogP contribution is 2.21. The molecule has 0 spiro atoms. The second-order valence-electron chi connectivity index (χ2n) is 6.03. The molecule has 3 N–H and O–H groups in total. The highest BCUT2D eigenvalue weighted by molar-refractivity contribution is 6.08. The summed E-state index contributed by atoms with van der Waals surface area (Å²) >= 11 is 0. The highest BCUT2D eigenvalue weighted by atomic mass is 16.3. The Morgan fingerprint density at radius 2 is 2.10 bits per heavy atom. The number of nitrogens with zero attached hydrogens (tertiary/aromatic N) is 1. The lowest BCUT2D eigenvalue weighted by Gasteiger charge is -2.28. The molecule has 3 atom stereocenters. The van der Waals surface area contributed by atoms with E-state index in [4.69, 9.17) is 0 Å². The Balaban J connectivity index is 1.93. The molecule has 2 aliphatic rings. The number of rotatable bonds is 4. The van der Waals surface area contributed by atoms with Crippen molar-refractivity contribution >= 4 is 17.8 Å². The first-order valence-corrected chi connectivity index (χ1v) is 7.49. The van der Waals surface area contributed by atoms with Crippen LogP contribution in [0.15, 0.2) is 0 Å². The molecule has 0 aromatic carbocycles. The zero-order chi connectivity index (χ0) is 15.6. The number of amides is 4. The van der Waals surface area contributed by atoms with Crippen LogP contribution in [0.3, 0.4) is 0 Å². The summed E-state index contributed by atoms with van der Waals surface area (Å²) in [5.74, 6) is -0.792. The standard InChI is InChI=1S/C14H23N3O4/c1-3-14(2)12(20)17(13(21)16-14)8-11(19)15-9-6-4-5-7-10(9)18/h9-10,18H,3-8H2,1-2H3,(H,15,19)(H,16,21)/t9-,10-,14?/m0/s1. The lowest BCUT2D eigenvalue weighted by Crippen LogP contribution is -2.50. The summed E-state index contributed by atoms with van der Waals surface area (Å²) in [6.45, 7) is 3.15. The van der Waals surface area contributed by atoms with Crippen LogP contribution in [-0.2, 0) is 9.59 Å². The maximum Gasteiger partial charge on any atom is 0.325 e. The van der Waals surface area contributed by atoms with Gasteiger partial charge in [0.05, 0.1) is 12.1 Å². The van der Waals surface area contributed by atoms with Crippen molar-refractivity contribution in [3.63, 3.8) is 0 Å². The first-order valence-electron chi connectivity index (χ1n) is 7.49. The average molecular weight is 297 g/mol. The number of aliphatic hydroxyl groups excluding tert-OH is 1. The molecule has 1 saturated heterocycles. The zero-order valence-corrected chi connectivity index (χ0v) is 12.5. The molecule has 2 fully saturated rings. The van der Waals surface area contributed by atoms with Crippen molar-refractivity contribution in [3.05, 3.63) is 0 Å². The Morgan fingerprint density at radius 1 is 1.43 bits per heavy atom. The van der Waals surface area contributed by atoms with E-state index in [1.807, 2.05) is 0 Å². The van der Waals surface area contributed by atoms with E-state index in [0.29, 0.717) is 12.8 Å². The zero-order valence-electron chi connectivity index (χ0n) is 12.5. The van der Waals surface area contributed by atoms with Gasteiger partial charge in [0, 0.05) is 0 Å². The predicted octanol–water partition coefficient (Wildman–Crippen LogP) is 0.127. The van der Waals surface area contributed by atoms with Crippen molar-refractivity contribution < 1.29 is 19.5 Å². The molecule has 1 saturated carbocycles. The summed E-state index contributed by atoms with van der Waals surface area (Å²) in [5.41, 5.74) is -0.929. The van der Waals surface area contributed by atoms with E-state index in [1.54, 1.807) is 13.8 Å².